The van der Waals surface area contributed by atoms with Crippen molar-refractivity contribution in [1.82, 2.24) is 19.6 Å². The molecule has 0 unspecified atom stereocenters. The normalized spacial score (nSPS) is 10.9. The summed E-state index contributed by atoms with van der Waals surface area (Å²) in [6.07, 6.45) is 3.36. The van der Waals surface area contributed by atoms with Crippen molar-refractivity contribution in [1.29, 1.82) is 0 Å². The summed E-state index contributed by atoms with van der Waals surface area (Å²) >= 11 is 0. The van der Waals surface area contributed by atoms with Gasteiger partial charge in [-0.3, -0.25) is 9.20 Å². The molecule has 0 spiro atoms. The Bertz CT molecular complexity index is 1310. The Hall–Kier alpha value is -4.17. The lowest BCUT2D eigenvalue weighted by Crippen LogP contribution is -2.28. The highest BCUT2D eigenvalue weighted by Gasteiger charge is 2.13. The molecule has 0 aliphatic rings. The van der Waals surface area contributed by atoms with E-state index in [1.807, 2.05) is 81.7 Å². The minimum atomic E-state index is -0.294. The number of hydrogen-bond acceptors (Lipinski definition) is 4. The maximum absolute atomic E-state index is 12.9. The molecule has 34 heavy (non-hydrogen) atoms. The monoisotopic (exact) mass is 456 g/mol. The highest BCUT2D eigenvalue weighted by Crippen LogP contribution is 2.19. The number of carbonyl (C=O) groups excluding carboxylic acids is 2. The second kappa shape index (κ2) is 10.2. The average molecular weight is 457 g/mol. The minimum absolute atomic E-state index is 0.248. The summed E-state index contributed by atoms with van der Waals surface area (Å²) in [7, 11) is 4.03. The van der Waals surface area contributed by atoms with E-state index in [0.717, 1.165) is 23.4 Å². The number of hydrogen-bond donors (Lipinski definition) is 3. The molecule has 3 N–H and O–H groups in total. The number of fused-ring (bicyclic) bond motifs is 1. The molecule has 0 fully saturated rings. The van der Waals surface area contributed by atoms with Crippen molar-refractivity contribution >= 4 is 29.0 Å². The molecule has 174 valence electrons. The first-order chi connectivity index (χ1) is 16.4. The number of aryl methyl sites for hydroxylation is 1. The number of anilines is 2. The van der Waals surface area contributed by atoms with Gasteiger partial charge in [-0.25, -0.2) is 9.78 Å². The Morgan fingerprint density at radius 1 is 0.971 bits per heavy atom. The van der Waals surface area contributed by atoms with Gasteiger partial charge in [-0.05, 0) is 68.0 Å². The number of nitrogens with one attached hydrogen (secondary N) is 3. The largest absolute Gasteiger partial charge is 0.334 e. The molecule has 2 aromatic heterocycles. The lowest BCUT2D eigenvalue weighted by Gasteiger charge is -2.13. The summed E-state index contributed by atoms with van der Waals surface area (Å²) in [6.45, 7) is 3.09. The summed E-state index contributed by atoms with van der Waals surface area (Å²) in [5, 5.41) is 8.66. The number of rotatable bonds is 7. The molecule has 3 amide bonds. The SMILES string of the molecule is Cc1ccc(CNC(=O)Nc2ccc(CN(C)C)cc2)cc1NC(=O)c1cnc2ccccn12. The molecule has 0 radical (unpaired) electrons. The van der Waals surface area contributed by atoms with Crippen molar-refractivity contribution in [3.63, 3.8) is 0 Å². The van der Waals surface area contributed by atoms with E-state index < -0.39 is 0 Å². The van der Waals surface area contributed by atoms with Crippen molar-refractivity contribution in [3.05, 3.63) is 95.4 Å². The van der Waals surface area contributed by atoms with Gasteiger partial charge in [-0.15, -0.1) is 0 Å². The molecular formula is C26H28N6O2. The number of nitrogens with zero attached hydrogens (tertiary/aromatic N) is 3. The minimum Gasteiger partial charge on any atom is -0.334 e. The number of carbonyl (C=O) groups is 2. The maximum atomic E-state index is 12.9. The van der Waals surface area contributed by atoms with Crippen LogP contribution in [0, 0.1) is 6.92 Å². The third-order valence-electron chi connectivity index (χ3n) is 5.36. The lowest BCUT2D eigenvalue weighted by atomic mass is 10.1. The van der Waals surface area contributed by atoms with Gasteiger partial charge >= 0.3 is 6.03 Å². The van der Waals surface area contributed by atoms with E-state index in [9.17, 15) is 9.59 Å². The Labute approximate surface area is 198 Å². The standard InChI is InChI=1S/C26H28N6O2/c1-18-7-8-20(15-28-26(34)29-21-11-9-19(10-12-21)17-31(2)3)14-22(18)30-25(33)23-16-27-24-6-4-5-13-32(23)24/h4-14,16H,15,17H2,1-3H3,(H,30,33)(H2,28,29,34). The smallest absolute Gasteiger partial charge is 0.319 e. The van der Waals surface area contributed by atoms with Crippen LogP contribution < -0.4 is 16.0 Å². The van der Waals surface area contributed by atoms with E-state index in [1.165, 1.54) is 5.56 Å². The number of urea groups is 1. The van der Waals surface area contributed by atoms with Crippen LogP contribution in [-0.4, -0.2) is 40.3 Å². The molecule has 0 saturated carbocycles. The molecule has 4 rings (SSSR count). The maximum Gasteiger partial charge on any atom is 0.319 e. The van der Waals surface area contributed by atoms with E-state index in [2.05, 4.69) is 25.8 Å². The van der Waals surface area contributed by atoms with E-state index in [0.29, 0.717) is 23.6 Å². The quantitative estimate of drug-likeness (QED) is 0.387. The topological polar surface area (TPSA) is 90.8 Å². The molecule has 0 bridgehead atoms. The van der Waals surface area contributed by atoms with Crippen LogP contribution in [0.3, 0.4) is 0 Å². The van der Waals surface area contributed by atoms with Crippen molar-refractivity contribution < 1.29 is 9.59 Å². The predicted molar refractivity (Wildman–Crippen MR) is 134 cm³/mol. The Kier molecular flexibility index (Phi) is 6.89. The molecule has 0 atom stereocenters. The summed E-state index contributed by atoms with van der Waals surface area (Å²) in [5.74, 6) is -0.248. The van der Waals surface area contributed by atoms with E-state index >= 15 is 0 Å². The van der Waals surface area contributed by atoms with Gasteiger partial charge in [-0.1, -0.05) is 30.3 Å². The molecule has 0 aliphatic heterocycles. The fourth-order valence-corrected chi connectivity index (χ4v) is 3.62. The fourth-order valence-electron chi connectivity index (χ4n) is 3.62. The number of aromatic nitrogens is 2. The number of amides is 3. The third-order valence-corrected chi connectivity index (χ3v) is 5.36. The molecule has 2 aromatic carbocycles. The van der Waals surface area contributed by atoms with Crippen molar-refractivity contribution in [2.45, 2.75) is 20.0 Å². The van der Waals surface area contributed by atoms with Gasteiger partial charge in [0.05, 0.1) is 6.20 Å². The van der Waals surface area contributed by atoms with Gasteiger partial charge in [0, 0.05) is 30.7 Å². The third kappa shape index (κ3) is 5.60. The van der Waals surface area contributed by atoms with Crippen LogP contribution in [0.2, 0.25) is 0 Å². The van der Waals surface area contributed by atoms with E-state index in [4.69, 9.17) is 0 Å². The zero-order chi connectivity index (χ0) is 24.1. The van der Waals surface area contributed by atoms with Crippen LogP contribution in [0.25, 0.3) is 5.65 Å². The first kappa shape index (κ1) is 23.0. The second-order valence-electron chi connectivity index (χ2n) is 8.42. The zero-order valence-corrected chi connectivity index (χ0v) is 19.5. The predicted octanol–water partition coefficient (Wildman–Crippen LogP) is 4.28. The summed E-state index contributed by atoms with van der Waals surface area (Å²) in [4.78, 5) is 31.6. The van der Waals surface area contributed by atoms with Gasteiger partial charge in [-0.2, -0.15) is 0 Å². The molecule has 8 nitrogen and oxygen atoms in total. The fraction of sp³-hybridized carbons (Fsp3) is 0.192. The van der Waals surface area contributed by atoms with E-state index in [-0.39, 0.29) is 11.9 Å². The molecule has 2 heterocycles. The van der Waals surface area contributed by atoms with Gasteiger partial charge < -0.3 is 20.9 Å². The van der Waals surface area contributed by atoms with Crippen LogP contribution in [0.4, 0.5) is 16.2 Å². The van der Waals surface area contributed by atoms with Gasteiger partial charge in [0.1, 0.15) is 11.3 Å². The summed E-state index contributed by atoms with van der Waals surface area (Å²) in [5.41, 5.74) is 5.55. The van der Waals surface area contributed by atoms with Crippen LogP contribution in [0.5, 0.6) is 0 Å². The number of imidazole rings is 1. The Morgan fingerprint density at radius 3 is 2.50 bits per heavy atom. The van der Waals surface area contributed by atoms with Crippen LogP contribution in [0.15, 0.2) is 73.1 Å². The molecule has 0 aliphatic carbocycles. The number of pyridine rings is 1. The molecule has 8 heteroatoms. The summed E-state index contributed by atoms with van der Waals surface area (Å²) < 4.78 is 1.74. The van der Waals surface area contributed by atoms with Crippen LogP contribution in [-0.2, 0) is 13.1 Å². The Morgan fingerprint density at radius 2 is 1.74 bits per heavy atom. The van der Waals surface area contributed by atoms with Crippen molar-refractivity contribution in [3.8, 4) is 0 Å². The zero-order valence-electron chi connectivity index (χ0n) is 19.5. The van der Waals surface area contributed by atoms with Gasteiger partial charge in [0.15, 0.2) is 0 Å². The summed E-state index contributed by atoms with van der Waals surface area (Å²) in [6, 6.07) is 18.8. The van der Waals surface area contributed by atoms with E-state index in [1.54, 1.807) is 16.8 Å². The number of benzene rings is 2. The van der Waals surface area contributed by atoms with Gasteiger partial charge in [0.2, 0.25) is 0 Å². The van der Waals surface area contributed by atoms with Crippen LogP contribution >= 0.6 is 0 Å². The first-order valence-electron chi connectivity index (χ1n) is 11.0. The molecule has 0 saturated heterocycles. The first-order valence-corrected chi connectivity index (χ1v) is 11.0. The molecule has 4 aromatic rings. The van der Waals surface area contributed by atoms with Gasteiger partial charge in [0.25, 0.3) is 5.91 Å². The highest BCUT2D eigenvalue weighted by molar-refractivity contribution is 6.04. The lowest BCUT2D eigenvalue weighted by molar-refractivity contribution is 0.102. The highest BCUT2D eigenvalue weighted by atomic mass is 16.2. The average Bonchev–Trinajstić information content (AvgIpc) is 3.25. The van der Waals surface area contributed by atoms with Crippen molar-refractivity contribution in [2.75, 3.05) is 24.7 Å². The van der Waals surface area contributed by atoms with Crippen LogP contribution in [0.1, 0.15) is 27.2 Å². The molecular weight excluding hydrogens is 428 g/mol. The second-order valence-corrected chi connectivity index (χ2v) is 8.42. The Balaban J connectivity index is 1.36. The van der Waals surface area contributed by atoms with Crippen molar-refractivity contribution in [2.24, 2.45) is 0 Å².